The normalized spacial score (nSPS) is 12.5. The molecule has 1 aromatic heterocycles. The maximum absolute atomic E-state index is 5.30. The molecule has 1 N–H and O–H groups in total. The molecule has 102 valence electrons. The Hall–Kier alpha value is -1.40. The molecule has 0 spiro atoms. The van der Waals surface area contributed by atoms with Crippen LogP contribution in [0.1, 0.15) is 24.4 Å². The van der Waals surface area contributed by atoms with Gasteiger partial charge in [-0.25, -0.2) is 4.68 Å². The summed E-state index contributed by atoms with van der Waals surface area (Å²) in [4.78, 5) is 0. The molecule has 1 aromatic carbocycles. The summed E-state index contributed by atoms with van der Waals surface area (Å²) in [6.07, 6.45) is 0. The Morgan fingerprint density at radius 1 is 1.42 bits per heavy atom. The molecule has 0 saturated carbocycles. The Morgan fingerprint density at radius 2 is 2.16 bits per heavy atom. The third-order valence-electron chi connectivity index (χ3n) is 3.15. The zero-order valence-electron chi connectivity index (χ0n) is 11.4. The molecule has 0 saturated heterocycles. The van der Waals surface area contributed by atoms with Crippen LogP contribution in [0.5, 0.6) is 5.75 Å². The summed E-state index contributed by atoms with van der Waals surface area (Å²) in [6, 6.07) is 6.02. The second-order valence-corrected chi connectivity index (χ2v) is 5.16. The summed E-state index contributed by atoms with van der Waals surface area (Å²) in [6.45, 7) is 4.07. The maximum atomic E-state index is 5.30. The molecule has 1 atom stereocenters. The van der Waals surface area contributed by atoms with Gasteiger partial charge in [0.05, 0.1) is 29.0 Å². The van der Waals surface area contributed by atoms with Crippen LogP contribution < -0.4 is 10.1 Å². The lowest BCUT2D eigenvalue weighted by molar-refractivity contribution is 0.412. The molecule has 1 heterocycles. The van der Waals surface area contributed by atoms with E-state index in [2.05, 4.69) is 38.5 Å². The van der Waals surface area contributed by atoms with E-state index in [9.17, 15) is 0 Å². The molecular weight excluding hydrogens is 308 g/mol. The lowest BCUT2D eigenvalue weighted by atomic mass is 10.2. The highest BCUT2D eigenvalue weighted by atomic mass is 79.9. The first-order valence-corrected chi connectivity index (χ1v) is 6.81. The molecule has 19 heavy (non-hydrogen) atoms. The quantitative estimate of drug-likeness (QED) is 0.939. The van der Waals surface area contributed by atoms with Crippen molar-refractivity contribution in [2.75, 3.05) is 14.2 Å². The van der Waals surface area contributed by atoms with Crippen molar-refractivity contribution in [1.82, 2.24) is 20.3 Å². The highest BCUT2D eigenvalue weighted by molar-refractivity contribution is 9.10. The predicted octanol–water partition coefficient (Wildman–Crippen LogP) is 2.63. The van der Waals surface area contributed by atoms with Gasteiger partial charge in [-0.2, -0.15) is 0 Å². The van der Waals surface area contributed by atoms with Crippen molar-refractivity contribution < 1.29 is 4.74 Å². The first kappa shape index (κ1) is 14.0. The van der Waals surface area contributed by atoms with Crippen molar-refractivity contribution in [2.45, 2.75) is 19.9 Å². The third kappa shape index (κ3) is 2.64. The zero-order valence-corrected chi connectivity index (χ0v) is 13.0. The molecule has 0 aliphatic heterocycles. The summed E-state index contributed by atoms with van der Waals surface area (Å²) in [7, 11) is 3.55. The number of aromatic nitrogens is 3. The minimum Gasteiger partial charge on any atom is -0.495 e. The first-order valence-electron chi connectivity index (χ1n) is 6.01. The Labute approximate surface area is 121 Å². The lowest BCUT2D eigenvalue weighted by Gasteiger charge is -2.10. The van der Waals surface area contributed by atoms with Crippen LogP contribution in [0.2, 0.25) is 0 Å². The van der Waals surface area contributed by atoms with Crippen LogP contribution in [0.15, 0.2) is 22.7 Å². The van der Waals surface area contributed by atoms with E-state index < -0.39 is 0 Å². The molecular formula is C13H17BrN4O. The van der Waals surface area contributed by atoms with Crippen LogP contribution in [0.4, 0.5) is 0 Å². The van der Waals surface area contributed by atoms with E-state index in [0.717, 1.165) is 27.3 Å². The predicted molar refractivity (Wildman–Crippen MR) is 77.8 cm³/mol. The van der Waals surface area contributed by atoms with Crippen molar-refractivity contribution in [3.05, 3.63) is 34.1 Å². The fraction of sp³-hybridized carbons (Fsp3) is 0.385. The average molecular weight is 325 g/mol. The van der Waals surface area contributed by atoms with Gasteiger partial charge in [0.2, 0.25) is 0 Å². The molecule has 0 radical (unpaired) electrons. The topological polar surface area (TPSA) is 52.0 Å². The van der Waals surface area contributed by atoms with Gasteiger partial charge < -0.3 is 10.1 Å². The van der Waals surface area contributed by atoms with E-state index in [1.165, 1.54) is 0 Å². The molecule has 5 nitrogen and oxygen atoms in total. The van der Waals surface area contributed by atoms with Gasteiger partial charge in [-0.05, 0) is 49.0 Å². The molecule has 0 aliphatic carbocycles. The number of hydrogen-bond acceptors (Lipinski definition) is 4. The Balaban J connectivity index is 2.45. The van der Waals surface area contributed by atoms with E-state index >= 15 is 0 Å². The molecule has 0 bridgehead atoms. The monoisotopic (exact) mass is 324 g/mol. The molecule has 6 heteroatoms. The van der Waals surface area contributed by atoms with E-state index in [1.54, 1.807) is 7.11 Å². The van der Waals surface area contributed by atoms with Crippen molar-refractivity contribution >= 4 is 15.9 Å². The number of rotatable bonds is 4. The minimum atomic E-state index is 0.172. The summed E-state index contributed by atoms with van der Waals surface area (Å²) in [5.74, 6) is 0.774. The number of nitrogens with one attached hydrogen (secondary N) is 1. The van der Waals surface area contributed by atoms with Gasteiger partial charge in [0, 0.05) is 6.07 Å². The van der Waals surface area contributed by atoms with E-state index in [0.29, 0.717) is 0 Å². The van der Waals surface area contributed by atoms with Gasteiger partial charge in [-0.3, -0.25) is 0 Å². The molecule has 2 aromatic rings. The fourth-order valence-corrected chi connectivity index (χ4v) is 2.31. The van der Waals surface area contributed by atoms with Crippen molar-refractivity contribution in [2.24, 2.45) is 0 Å². The van der Waals surface area contributed by atoms with Crippen molar-refractivity contribution in [3.8, 4) is 11.4 Å². The highest BCUT2D eigenvalue weighted by Gasteiger charge is 2.15. The third-order valence-corrected chi connectivity index (χ3v) is 3.81. The van der Waals surface area contributed by atoms with E-state index in [-0.39, 0.29) is 6.04 Å². The molecule has 0 aliphatic rings. The molecule has 2 rings (SSSR count). The van der Waals surface area contributed by atoms with Crippen molar-refractivity contribution in [3.63, 3.8) is 0 Å². The summed E-state index contributed by atoms with van der Waals surface area (Å²) in [5.41, 5.74) is 2.90. The number of ether oxygens (including phenoxy) is 1. The summed E-state index contributed by atoms with van der Waals surface area (Å²) >= 11 is 3.44. The van der Waals surface area contributed by atoms with Crippen LogP contribution in [-0.4, -0.2) is 29.2 Å². The number of benzene rings is 1. The van der Waals surface area contributed by atoms with Crippen LogP contribution in [0.3, 0.4) is 0 Å². The van der Waals surface area contributed by atoms with Gasteiger partial charge in [0.15, 0.2) is 0 Å². The van der Waals surface area contributed by atoms with Crippen molar-refractivity contribution in [1.29, 1.82) is 0 Å². The SMILES string of the molecule is CNC(C)c1nnn(-c2ccc(Br)c(OC)c2)c1C. The maximum Gasteiger partial charge on any atom is 0.135 e. The van der Waals surface area contributed by atoms with Crippen LogP contribution >= 0.6 is 15.9 Å². The first-order chi connectivity index (χ1) is 9.08. The average Bonchev–Trinajstić information content (AvgIpc) is 2.80. The highest BCUT2D eigenvalue weighted by Crippen LogP contribution is 2.28. The Bertz CT molecular complexity index is 582. The number of halogens is 1. The van der Waals surface area contributed by atoms with Gasteiger partial charge in [0.25, 0.3) is 0 Å². The number of methoxy groups -OCH3 is 1. The van der Waals surface area contributed by atoms with Gasteiger partial charge in [-0.15, -0.1) is 5.10 Å². The molecule has 1 unspecified atom stereocenters. The largest absolute Gasteiger partial charge is 0.495 e. The number of hydrogen-bond donors (Lipinski definition) is 1. The Morgan fingerprint density at radius 3 is 2.79 bits per heavy atom. The second kappa shape index (κ2) is 5.71. The van der Waals surface area contributed by atoms with Crippen LogP contribution in [0, 0.1) is 6.92 Å². The lowest BCUT2D eigenvalue weighted by Crippen LogP contribution is -2.14. The van der Waals surface area contributed by atoms with Gasteiger partial charge >= 0.3 is 0 Å². The Kier molecular flexibility index (Phi) is 4.21. The molecule has 0 amide bonds. The number of nitrogens with zero attached hydrogens (tertiary/aromatic N) is 3. The van der Waals surface area contributed by atoms with Crippen LogP contribution in [0.25, 0.3) is 5.69 Å². The van der Waals surface area contributed by atoms with E-state index in [1.807, 2.05) is 36.9 Å². The standard InChI is InChI=1S/C13H17BrN4O/c1-8(15-3)13-9(2)18(17-16-13)10-5-6-11(14)12(7-10)19-4/h5-8,15H,1-4H3. The molecule has 0 fully saturated rings. The smallest absolute Gasteiger partial charge is 0.135 e. The minimum absolute atomic E-state index is 0.172. The zero-order chi connectivity index (χ0) is 14.0. The second-order valence-electron chi connectivity index (χ2n) is 4.30. The van der Waals surface area contributed by atoms with E-state index in [4.69, 9.17) is 4.74 Å². The summed E-state index contributed by atoms with van der Waals surface area (Å²) < 4.78 is 8.04. The van der Waals surface area contributed by atoms with Crippen LogP contribution in [-0.2, 0) is 0 Å². The van der Waals surface area contributed by atoms with Gasteiger partial charge in [0.1, 0.15) is 11.4 Å². The fourth-order valence-electron chi connectivity index (χ4n) is 1.90. The van der Waals surface area contributed by atoms with Gasteiger partial charge in [-0.1, -0.05) is 5.21 Å². The summed E-state index contributed by atoms with van der Waals surface area (Å²) in [5, 5.41) is 11.6.